The Morgan fingerprint density at radius 1 is 1.77 bits per heavy atom. The average Bonchev–Trinajstić information content (AvgIpc) is 2.55. The highest BCUT2D eigenvalue weighted by molar-refractivity contribution is 7.14. The van der Waals surface area contributed by atoms with Gasteiger partial charge in [-0.1, -0.05) is 0 Å². The fourth-order valence-corrected chi connectivity index (χ4v) is 1.67. The van der Waals surface area contributed by atoms with E-state index in [2.05, 4.69) is 0 Å². The molecule has 0 N–H and O–H groups in total. The summed E-state index contributed by atoms with van der Waals surface area (Å²) < 4.78 is 0. The van der Waals surface area contributed by atoms with Crippen LogP contribution in [0.1, 0.15) is 6.42 Å². The van der Waals surface area contributed by atoms with E-state index in [1.807, 2.05) is 35.5 Å². The van der Waals surface area contributed by atoms with Crippen LogP contribution in [0.4, 0.5) is 5.00 Å². The number of anilines is 1. The van der Waals surface area contributed by atoms with E-state index in [0.717, 1.165) is 5.00 Å². The summed E-state index contributed by atoms with van der Waals surface area (Å²) in [4.78, 5) is 12.9. The van der Waals surface area contributed by atoms with E-state index in [9.17, 15) is 4.79 Å². The van der Waals surface area contributed by atoms with Gasteiger partial charge in [-0.3, -0.25) is 4.79 Å². The molecule has 0 saturated carbocycles. The number of ketones is 1. The molecule has 0 radical (unpaired) electrons. The molecular weight excluding hydrogens is 184 g/mol. The standard InChI is InChI=1S/C9H10N2OS/c1-11(7-8(12)4-5-10)9-3-2-6-13-9/h2-3,6H,4,7H2,1H3. The summed E-state index contributed by atoms with van der Waals surface area (Å²) in [5.41, 5.74) is 0. The average molecular weight is 194 g/mol. The Morgan fingerprint density at radius 2 is 2.54 bits per heavy atom. The van der Waals surface area contributed by atoms with Gasteiger partial charge in [0.2, 0.25) is 0 Å². The zero-order chi connectivity index (χ0) is 9.68. The Bertz CT molecular complexity index is 313. The van der Waals surface area contributed by atoms with Gasteiger partial charge in [0.1, 0.15) is 0 Å². The zero-order valence-electron chi connectivity index (χ0n) is 7.36. The first-order valence-electron chi connectivity index (χ1n) is 3.87. The van der Waals surface area contributed by atoms with E-state index in [1.54, 1.807) is 11.3 Å². The van der Waals surface area contributed by atoms with Crippen LogP contribution >= 0.6 is 11.3 Å². The van der Waals surface area contributed by atoms with Crippen LogP contribution in [0, 0.1) is 11.3 Å². The minimum atomic E-state index is -0.0431. The van der Waals surface area contributed by atoms with Crippen LogP contribution in [0.5, 0.6) is 0 Å². The van der Waals surface area contributed by atoms with Gasteiger partial charge in [0.25, 0.3) is 0 Å². The third kappa shape index (κ3) is 2.88. The van der Waals surface area contributed by atoms with E-state index in [-0.39, 0.29) is 12.2 Å². The van der Waals surface area contributed by atoms with Gasteiger partial charge in [-0.25, -0.2) is 0 Å². The van der Waals surface area contributed by atoms with Crippen molar-refractivity contribution in [1.29, 1.82) is 5.26 Å². The molecule has 68 valence electrons. The quantitative estimate of drug-likeness (QED) is 0.732. The zero-order valence-corrected chi connectivity index (χ0v) is 8.17. The number of nitrogens with zero attached hydrogens (tertiary/aromatic N) is 2. The van der Waals surface area contributed by atoms with Crippen LogP contribution in [0.15, 0.2) is 17.5 Å². The number of carbonyl (C=O) groups is 1. The first-order chi connectivity index (χ1) is 6.24. The second-order valence-electron chi connectivity index (χ2n) is 2.68. The normalized spacial score (nSPS) is 9.23. The summed E-state index contributed by atoms with van der Waals surface area (Å²) in [6.07, 6.45) is -0.00425. The highest BCUT2D eigenvalue weighted by Crippen LogP contribution is 2.19. The predicted molar refractivity (Wildman–Crippen MR) is 52.8 cm³/mol. The Kier molecular flexibility index (Phi) is 3.47. The first-order valence-corrected chi connectivity index (χ1v) is 4.75. The monoisotopic (exact) mass is 194 g/mol. The molecule has 0 aromatic carbocycles. The van der Waals surface area contributed by atoms with E-state index in [0.29, 0.717) is 6.54 Å². The second kappa shape index (κ2) is 4.63. The SMILES string of the molecule is CN(CC(=O)CC#N)c1cccs1. The lowest BCUT2D eigenvalue weighted by molar-refractivity contribution is -0.116. The van der Waals surface area contributed by atoms with Crippen molar-refractivity contribution in [2.24, 2.45) is 0 Å². The molecule has 1 aromatic heterocycles. The summed E-state index contributed by atoms with van der Waals surface area (Å²) in [5, 5.41) is 11.3. The minimum absolute atomic E-state index is 0.00425. The Hall–Kier alpha value is -1.34. The van der Waals surface area contributed by atoms with E-state index < -0.39 is 0 Å². The lowest BCUT2D eigenvalue weighted by Crippen LogP contribution is -2.24. The van der Waals surface area contributed by atoms with Crippen LogP contribution in [0.2, 0.25) is 0 Å². The smallest absolute Gasteiger partial charge is 0.166 e. The summed E-state index contributed by atoms with van der Waals surface area (Å²) in [7, 11) is 1.85. The van der Waals surface area contributed by atoms with Gasteiger partial charge in [0.15, 0.2) is 5.78 Å². The maximum atomic E-state index is 11.1. The Balaban J connectivity index is 2.47. The molecule has 0 aliphatic heterocycles. The molecule has 3 nitrogen and oxygen atoms in total. The lowest BCUT2D eigenvalue weighted by Gasteiger charge is -2.14. The van der Waals surface area contributed by atoms with Crippen LogP contribution in [0.3, 0.4) is 0 Å². The van der Waals surface area contributed by atoms with Gasteiger partial charge in [-0.2, -0.15) is 5.26 Å². The molecule has 0 aliphatic rings. The van der Waals surface area contributed by atoms with Gasteiger partial charge >= 0.3 is 0 Å². The fraction of sp³-hybridized carbons (Fsp3) is 0.333. The number of carbonyl (C=O) groups excluding carboxylic acids is 1. The lowest BCUT2D eigenvalue weighted by atomic mass is 10.3. The molecule has 1 heterocycles. The van der Waals surface area contributed by atoms with Crippen molar-refractivity contribution in [3.8, 4) is 6.07 Å². The van der Waals surface area contributed by atoms with Gasteiger partial charge < -0.3 is 4.90 Å². The van der Waals surface area contributed by atoms with E-state index in [1.165, 1.54) is 0 Å². The van der Waals surface area contributed by atoms with Crippen LogP contribution in [-0.2, 0) is 4.79 Å². The van der Waals surface area contributed by atoms with Crippen molar-refractivity contribution in [3.63, 3.8) is 0 Å². The maximum Gasteiger partial charge on any atom is 0.166 e. The van der Waals surface area contributed by atoms with Crippen molar-refractivity contribution in [2.75, 3.05) is 18.5 Å². The number of rotatable bonds is 4. The molecule has 4 heteroatoms. The molecule has 1 aromatic rings. The molecule has 0 fully saturated rings. The molecule has 1 rings (SSSR count). The third-order valence-corrected chi connectivity index (χ3v) is 2.55. The molecule has 13 heavy (non-hydrogen) atoms. The van der Waals surface area contributed by atoms with Crippen LogP contribution in [0.25, 0.3) is 0 Å². The summed E-state index contributed by atoms with van der Waals surface area (Å²) in [6.45, 7) is 0.314. The van der Waals surface area contributed by atoms with Gasteiger partial charge in [0.05, 0.1) is 24.0 Å². The fourth-order valence-electron chi connectivity index (χ4n) is 0.974. The summed E-state index contributed by atoms with van der Waals surface area (Å²) >= 11 is 1.58. The van der Waals surface area contributed by atoms with Crippen LogP contribution < -0.4 is 4.90 Å². The second-order valence-corrected chi connectivity index (χ2v) is 3.61. The van der Waals surface area contributed by atoms with Crippen molar-refractivity contribution >= 4 is 22.1 Å². The Labute approximate surface area is 81.2 Å². The highest BCUT2D eigenvalue weighted by atomic mass is 32.1. The predicted octanol–water partition coefficient (Wildman–Crippen LogP) is 1.67. The molecule has 0 amide bonds. The van der Waals surface area contributed by atoms with E-state index in [4.69, 9.17) is 5.26 Å². The summed E-state index contributed by atoms with van der Waals surface area (Å²) in [5.74, 6) is -0.0431. The molecular formula is C9H10N2OS. The Morgan fingerprint density at radius 3 is 3.08 bits per heavy atom. The number of hydrogen-bond donors (Lipinski definition) is 0. The van der Waals surface area contributed by atoms with Crippen molar-refractivity contribution in [1.82, 2.24) is 0 Å². The van der Waals surface area contributed by atoms with Crippen LogP contribution in [-0.4, -0.2) is 19.4 Å². The van der Waals surface area contributed by atoms with Crippen molar-refractivity contribution in [2.45, 2.75) is 6.42 Å². The van der Waals surface area contributed by atoms with Crippen molar-refractivity contribution in [3.05, 3.63) is 17.5 Å². The number of hydrogen-bond acceptors (Lipinski definition) is 4. The van der Waals surface area contributed by atoms with E-state index >= 15 is 0 Å². The maximum absolute atomic E-state index is 11.1. The molecule has 0 unspecified atom stereocenters. The van der Waals surface area contributed by atoms with Gasteiger partial charge in [-0.15, -0.1) is 11.3 Å². The number of likely N-dealkylation sites (N-methyl/N-ethyl adjacent to an activating group) is 1. The molecule has 0 saturated heterocycles. The summed E-state index contributed by atoms with van der Waals surface area (Å²) in [6, 6.07) is 5.73. The minimum Gasteiger partial charge on any atom is -0.359 e. The molecule has 0 aliphatic carbocycles. The number of Topliss-reactive ketones (excluding diaryl/α,β-unsaturated/α-hetero) is 1. The largest absolute Gasteiger partial charge is 0.359 e. The molecule has 0 spiro atoms. The molecule has 0 bridgehead atoms. The van der Waals surface area contributed by atoms with Crippen molar-refractivity contribution < 1.29 is 4.79 Å². The molecule has 0 atom stereocenters. The van der Waals surface area contributed by atoms with Gasteiger partial charge in [-0.05, 0) is 17.5 Å². The number of thiophene rings is 1. The van der Waals surface area contributed by atoms with Gasteiger partial charge in [0, 0.05) is 7.05 Å². The topological polar surface area (TPSA) is 44.1 Å². The number of nitriles is 1. The highest BCUT2D eigenvalue weighted by Gasteiger charge is 2.06. The first kappa shape index (κ1) is 9.75. The third-order valence-electron chi connectivity index (χ3n) is 1.57.